The molecule has 0 radical (unpaired) electrons. The quantitative estimate of drug-likeness (QED) is 0.910. The molecule has 1 N–H and O–H groups in total. The molecule has 7 nitrogen and oxygen atoms in total. The van der Waals surface area contributed by atoms with Crippen molar-refractivity contribution in [3.8, 4) is 5.88 Å². The Morgan fingerprint density at radius 3 is 2.87 bits per heavy atom. The highest BCUT2D eigenvalue weighted by atomic mass is 35.5. The van der Waals surface area contributed by atoms with Gasteiger partial charge in [0.05, 0.1) is 13.3 Å². The summed E-state index contributed by atoms with van der Waals surface area (Å²) in [5, 5.41) is 3.58. The predicted octanol–water partition coefficient (Wildman–Crippen LogP) is 2.95. The number of hydrogen-bond donors (Lipinski definition) is 1. The molecular formula is C15H23ClN4O3. The normalized spacial score (nSPS) is 18.5. The summed E-state index contributed by atoms with van der Waals surface area (Å²) in [4.78, 5) is 22.2. The molecule has 23 heavy (non-hydrogen) atoms. The molecule has 1 fully saturated rings. The van der Waals surface area contributed by atoms with Crippen LogP contribution in [0.3, 0.4) is 0 Å². The minimum atomic E-state index is -0.496. The second kappa shape index (κ2) is 7.21. The lowest BCUT2D eigenvalue weighted by molar-refractivity contribution is 0.0206. The molecule has 128 valence electrons. The second-order valence-electron chi connectivity index (χ2n) is 6.46. The first kappa shape index (κ1) is 17.6. The van der Waals surface area contributed by atoms with E-state index in [4.69, 9.17) is 21.1 Å². The van der Waals surface area contributed by atoms with Crippen LogP contribution in [0.5, 0.6) is 5.88 Å². The largest absolute Gasteiger partial charge is 0.480 e. The minimum Gasteiger partial charge on any atom is -0.480 e. The van der Waals surface area contributed by atoms with Crippen LogP contribution >= 0.6 is 11.6 Å². The van der Waals surface area contributed by atoms with Gasteiger partial charge in [-0.3, -0.25) is 0 Å². The third-order valence-corrected chi connectivity index (χ3v) is 3.57. The van der Waals surface area contributed by atoms with Crippen LogP contribution in [0, 0.1) is 0 Å². The maximum absolute atomic E-state index is 12.2. The molecule has 0 saturated carbocycles. The van der Waals surface area contributed by atoms with Crippen LogP contribution in [-0.2, 0) is 4.74 Å². The molecule has 0 bridgehead atoms. The van der Waals surface area contributed by atoms with Crippen LogP contribution in [0.1, 0.15) is 33.6 Å². The fourth-order valence-corrected chi connectivity index (χ4v) is 2.50. The van der Waals surface area contributed by atoms with E-state index in [0.29, 0.717) is 29.9 Å². The topological polar surface area (TPSA) is 76.6 Å². The van der Waals surface area contributed by atoms with E-state index in [1.807, 2.05) is 20.8 Å². The number of ether oxygens (including phenoxy) is 2. The van der Waals surface area contributed by atoms with Crippen molar-refractivity contribution in [3.63, 3.8) is 0 Å². The minimum absolute atomic E-state index is 0.0575. The smallest absolute Gasteiger partial charge is 0.410 e. The summed E-state index contributed by atoms with van der Waals surface area (Å²) in [7, 11) is 1.50. The van der Waals surface area contributed by atoms with Gasteiger partial charge in [-0.05, 0) is 33.6 Å². The van der Waals surface area contributed by atoms with Gasteiger partial charge >= 0.3 is 6.09 Å². The van der Waals surface area contributed by atoms with Gasteiger partial charge in [-0.15, -0.1) is 0 Å². The Morgan fingerprint density at radius 1 is 1.48 bits per heavy atom. The molecule has 1 amide bonds. The molecule has 0 unspecified atom stereocenters. The highest BCUT2D eigenvalue weighted by Crippen LogP contribution is 2.23. The van der Waals surface area contributed by atoms with Crippen LogP contribution in [0.25, 0.3) is 0 Å². The van der Waals surface area contributed by atoms with Crippen molar-refractivity contribution in [1.82, 2.24) is 14.9 Å². The lowest BCUT2D eigenvalue weighted by Gasteiger charge is -2.34. The Bertz CT molecular complexity index is 562. The summed E-state index contributed by atoms with van der Waals surface area (Å²) in [6.07, 6.45) is 3.01. The number of piperidine rings is 1. The first-order valence-corrected chi connectivity index (χ1v) is 7.97. The van der Waals surface area contributed by atoms with E-state index in [0.717, 1.165) is 12.8 Å². The molecular weight excluding hydrogens is 320 g/mol. The maximum Gasteiger partial charge on any atom is 0.410 e. The predicted molar refractivity (Wildman–Crippen MR) is 88.0 cm³/mol. The monoisotopic (exact) mass is 342 g/mol. The van der Waals surface area contributed by atoms with Crippen LogP contribution in [0.2, 0.25) is 5.02 Å². The number of nitrogens with zero attached hydrogens (tertiary/aromatic N) is 3. The first-order chi connectivity index (χ1) is 10.8. The Balaban J connectivity index is 1.97. The summed E-state index contributed by atoms with van der Waals surface area (Å²) >= 11 is 5.92. The number of rotatable bonds is 3. The molecule has 1 aromatic rings. The number of methoxy groups -OCH3 is 1. The average molecular weight is 343 g/mol. The zero-order valence-corrected chi connectivity index (χ0v) is 14.7. The van der Waals surface area contributed by atoms with Gasteiger partial charge in [-0.1, -0.05) is 11.6 Å². The van der Waals surface area contributed by atoms with Crippen molar-refractivity contribution in [2.24, 2.45) is 0 Å². The summed E-state index contributed by atoms with van der Waals surface area (Å²) in [5.41, 5.74) is -0.496. The number of carbonyl (C=O) groups is 1. The van der Waals surface area contributed by atoms with E-state index in [9.17, 15) is 4.79 Å². The molecule has 0 aliphatic carbocycles. The second-order valence-corrected chi connectivity index (χ2v) is 6.87. The lowest BCUT2D eigenvalue weighted by atomic mass is 10.1. The number of halogens is 1. The molecule has 0 spiro atoms. The fraction of sp³-hybridized carbons (Fsp3) is 0.667. The number of amides is 1. The summed E-state index contributed by atoms with van der Waals surface area (Å²) < 4.78 is 10.5. The summed E-state index contributed by atoms with van der Waals surface area (Å²) in [6.45, 7) is 6.82. The van der Waals surface area contributed by atoms with E-state index in [1.54, 1.807) is 4.90 Å². The zero-order valence-electron chi connectivity index (χ0n) is 13.9. The van der Waals surface area contributed by atoms with Gasteiger partial charge in [0.2, 0.25) is 11.8 Å². The van der Waals surface area contributed by atoms with Gasteiger partial charge < -0.3 is 19.7 Å². The molecule has 2 rings (SSSR count). The van der Waals surface area contributed by atoms with Gasteiger partial charge in [-0.2, -0.15) is 4.98 Å². The molecule has 8 heteroatoms. The Hall–Kier alpha value is -1.76. The Morgan fingerprint density at radius 2 is 2.22 bits per heavy atom. The number of hydrogen-bond acceptors (Lipinski definition) is 6. The molecule has 1 aromatic heterocycles. The van der Waals surface area contributed by atoms with Crippen molar-refractivity contribution in [2.75, 3.05) is 25.5 Å². The van der Waals surface area contributed by atoms with E-state index >= 15 is 0 Å². The van der Waals surface area contributed by atoms with Crippen molar-refractivity contribution in [1.29, 1.82) is 0 Å². The Kier molecular flexibility index (Phi) is 5.51. The molecule has 1 aliphatic heterocycles. The third-order valence-electron chi connectivity index (χ3n) is 3.31. The van der Waals surface area contributed by atoms with Gasteiger partial charge in [0.1, 0.15) is 10.6 Å². The van der Waals surface area contributed by atoms with Crippen LogP contribution in [0.15, 0.2) is 6.20 Å². The zero-order chi connectivity index (χ0) is 17.0. The van der Waals surface area contributed by atoms with E-state index in [-0.39, 0.29) is 12.1 Å². The maximum atomic E-state index is 12.2. The first-order valence-electron chi connectivity index (χ1n) is 7.59. The highest BCUT2D eigenvalue weighted by molar-refractivity contribution is 6.31. The standard InChI is InChI=1S/C15H23ClN4O3/c1-15(2,3)23-14(21)20-7-5-6-10(9-20)18-13-17-8-11(16)12(19-13)22-4/h8,10H,5-7,9H2,1-4H3,(H,17,18,19)/t10-/m1/s1. The number of anilines is 1. The Labute approximate surface area is 141 Å². The van der Waals surface area contributed by atoms with Crippen molar-refractivity contribution >= 4 is 23.6 Å². The summed E-state index contributed by atoms with van der Waals surface area (Å²) in [5.74, 6) is 0.756. The van der Waals surface area contributed by atoms with Crippen molar-refractivity contribution in [3.05, 3.63) is 11.2 Å². The number of carbonyl (C=O) groups excluding carboxylic acids is 1. The van der Waals surface area contributed by atoms with Gasteiger partial charge in [0.15, 0.2) is 0 Å². The number of likely N-dealkylation sites (tertiary alicyclic amines) is 1. The molecule has 1 atom stereocenters. The fourth-order valence-electron chi connectivity index (χ4n) is 2.33. The molecule has 0 aromatic carbocycles. The number of nitrogens with one attached hydrogen (secondary N) is 1. The van der Waals surface area contributed by atoms with Crippen molar-refractivity contribution < 1.29 is 14.3 Å². The lowest BCUT2D eigenvalue weighted by Crippen LogP contribution is -2.47. The average Bonchev–Trinajstić information content (AvgIpc) is 2.48. The molecule has 1 aliphatic rings. The van der Waals surface area contributed by atoms with Gasteiger partial charge in [0, 0.05) is 19.1 Å². The van der Waals surface area contributed by atoms with Crippen LogP contribution < -0.4 is 10.1 Å². The van der Waals surface area contributed by atoms with E-state index in [1.165, 1.54) is 13.3 Å². The van der Waals surface area contributed by atoms with Gasteiger partial charge in [0.25, 0.3) is 0 Å². The SMILES string of the molecule is COc1nc(N[C@@H]2CCCN(C(=O)OC(C)(C)C)C2)ncc1Cl. The molecule has 1 saturated heterocycles. The van der Waals surface area contributed by atoms with Gasteiger partial charge in [-0.25, -0.2) is 9.78 Å². The van der Waals surface area contributed by atoms with Crippen LogP contribution in [-0.4, -0.2) is 52.8 Å². The highest BCUT2D eigenvalue weighted by Gasteiger charge is 2.28. The van der Waals surface area contributed by atoms with E-state index in [2.05, 4.69) is 15.3 Å². The van der Waals surface area contributed by atoms with Crippen LogP contribution in [0.4, 0.5) is 10.7 Å². The summed E-state index contributed by atoms with van der Waals surface area (Å²) in [6, 6.07) is 0.0575. The number of aromatic nitrogens is 2. The van der Waals surface area contributed by atoms with E-state index < -0.39 is 5.60 Å². The van der Waals surface area contributed by atoms with Crippen molar-refractivity contribution in [2.45, 2.75) is 45.3 Å². The third kappa shape index (κ3) is 5.13. The molecule has 2 heterocycles.